The van der Waals surface area contributed by atoms with E-state index in [0.717, 1.165) is 15.6 Å². The molecule has 3 aromatic rings. The highest BCUT2D eigenvalue weighted by Crippen LogP contribution is 2.36. The van der Waals surface area contributed by atoms with Gasteiger partial charge in [-0.15, -0.1) is 11.8 Å². The molecule has 5 amide bonds. The highest BCUT2D eigenvalue weighted by molar-refractivity contribution is 8.00. The molecule has 1 fully saturated rings. The average molecular weight is 487 g/mol. The van der Waals surface area contributed by atoms with Crippen LogP contribution in [0.3, 0.4) is 0 Å². The highest BCUT2D eigenvalue weighted by Gasteiger charge is 2.54. The molecular weight excluding hydrogens is 464 g/mol. The van der Waals surface area contributed by atoms with Crippen LogP contribution in [0.5, 0.6) is 0 Å². The Morgan fingerprint density at radius 1 is 0.886 bits per heavy atom. The Kier molecular flexibility index (Phi) is 6.00. The minimum atomic E-state index is -1.47. The molecule has 9 heteroatoms. The van der Waals surface area contributed by atoms with Gasteiger partial charge in [-0.2, -0.15) is 5.01 Å². The number of hydrazine groups is 1. The molecule has 1 saturated heterocycles. The molecule has 3 aromatic carbocycles. The zero-order chi connectivity index (χ0) is 24.4. The van der Waals surface area contributed by atoms with Gasteiger partial charge in [-0.25, -0.2) is 4.79 Å². The summed E-state index contributed by atoms with van der Waals surface area (Å²) in [6.07, 6.45) is -0.0779. The molecule has 0 aliphatic carbocycles. The van der Waals surface area contributed by atoms with E-state index in [9.17, 15) is 19.2 Å². The maximum atomic E-state index is 13.7. The third-order valence-electron chi connectivity index (χ3n) is 6.04. The van der Waals surface area contributed by atoms with Crippen molar-refractivity contribution in [3.05, 3.63) is 96.1 Å². The van der Waals surface area contributed by atoms with E-state index in [0.29, 0.717) is 16.9 Å². The van der Waals surface area contributed by atoms with Gasteiger partial charge in [-0.3, -0.25) is 19.8 Å². The summed E-state index contributed by atoms with van der Waals surface area (Å²) in [6, 6.07) is 24.6. The van der Waals surface area contributed by atoms with Gasteiger partial charge in [-0.05, 0) is 23.3 Å². The van der Waals surface area contributed by atoms with Crippen LogP contribution < -0.4 is 15.6 Å². The molecule has 0 bridgehead atoms. The second-order valence-electron chi connectivity index (χ2n) is 8.14. The zero-order valence-corrected chi connectivity index (χ0v) is 19.5. The smallest absolute Gasteiger partial charge is 0.314 e. The number of urea groups is 1. The lowest BCUT2D eigenvalue weighted by Crippen LogP contribution is -2.49. The van der Waals surface area contributed by atoms with Crippen LogP contribution in [-0.4, -0.2) is 41.1 Å². The average Bonchev–Trinajstić information content (AvgIpc) is 3.15. The van der Waals surface area contributed by atoms with Gasteiger partial charge >= 0.3 is 6.03 Å². The molecular formula is C26H22N4O4S. The summed E-state index contributed by atoms with van der Waals surface area (Å²) in [6.45, 7) is 0.133. The molecule has 2 aliphatic heterocycles. The van der Waals surface area contributed by atoms with E-state index in [1.165, 1.54) is 11.8 Å². The second kappa shape index (κ2) is 9.27. The lowest BCUT2D eigenvalue weighted by atomic mass is 9.83. The first-order valence-corrected chi connectivity index (χ1v) is 12.1. The Bertz CT molecular complexity index is 1260. The topological polar surface area (TPSA) is 98.8 Å². The van der Waals surface area contributed by atoms with Crippen LogP contribution in [0.15, 0.2) is 89.8 Å². The number of carbonyl (C=O) groups excluding carboxylic acids is 4. The van der Waals surface area contributed by atoms with E-state index in [1.54, 1.807) is 53.4 Å². The number of nitrogens with zero attached hydrogens (tertiary/aromatic N) is 2. The van der Waals surface area contributed by atoms with E-state index in [2.05, 4.69) is 10.7 Å². The summed E-state index contributed by atoms with van der Waals surface area (Å²) in [4.78, 5) is 54.4. The maximum Gasteiger partial charge on any atom is 0.344 e. The minimum Gasteiger partial charge on any atom is -0.314 e. The SMILES string of the molecule is O=C(CCN1C(=O)CSc2ccccc21)NN1C(=O)NC(c2ccccc2)(c2ccccc2)C1=O. The standard InChI is InChI=1S/C26H22N4O4S/c31-22(15-16-29-20-13-7-8-14-21(20)35-17-23(29)32)28-30-24(33)26(27-25(30)34,18-9-3-1-4-10-18)19-11-5-2-6-12-19/h1-14H,15-17H2,(H,27,34)(H,28,31). The Morgan fingerprint density at radius 3 is 2.14 bits per heavy atom. The molecule has 2 aliphatic rings. The van der Waals surface area contributed by atoms with Crippen LogP contribution in [0.1, 0.15) is 17.5 Å². The summed E-state index contributed by atoms with van der Waals surface area (Å²) in [7, 11) is 0. The Labute approximate surface area is 206 Å². The number of thioether (sulfide) groups is 1. The Hall–Kier alpha value is -4.11. The molecule has 0 radical (unpaired) electrons. The largest absolute Gasteiger partial charge is 0.344 e. The summed E-state index contributed by atoms with van der Waals surface area (Å²) >= 11 is 1.46. The number of fused-ring (bicyclic) bond motifs is 1. The van der Waals surface area contributed by atoms with Crippen molar-refractivity contribution in [2.45, 2.75) is 16.9 Å². The van der Waals surface area contributed by atoms with Crippen molar-refractivity contribution in [1.82, 2.24) is 15.8 Å². The van der Waals surface area contributed by atoms with E-state index in [4.69, 9.17) is 0 Å². The molecule has 2 heterocycles. The van der Waals surface area contributed by atoms with Gasteiger partial charge in [0.05, 0.1) is 11.4 Å². The number of imide groups is 1. The number of benzene rings is 3. The third kappa shape index (κ3) is 4.04. The summed E-state index contributed by atoms with van der Waals surface area (Å²) in [5, 5.41) is 3.51. The maximum absolute atomic E-state index is 13.7. The monoisotopic (exact) mass is 486 g/mol. The number of amides is 5. The second-order valence-corrected chi connectivity index (χ2v) is 9.16. The van der Waals surface area contributed by atoms with Crippen molar-refractivity contribution < 1.29 is 19.2 Å². The molecule has 0 atom stereocenters. The van der Waals surface area contributed by atoms with Gasteiger partial charge in [0.25, 0.3) is 5.91 Å². The fourth-order valence-electron chi connectivity index (χ4n) is 4.36. The van der Waals surface area contributed by atoms with Crippen molar-refractivity contribution in [3.63, 3.8) is 0 Å². The molecule has 35 heavy (non-hydrogen) atoms. The molecule has 5 rings (SSSR count). The summed E-state index contributed by atoms with van der Waals surface area (Å²) in [5.74, 6) is -0.955. The number of hydrogen-bond acceptors (Lipinski definition) is 5. The number of hydrogen-bond donors (Lipinski definition) is 2. The number of rotatable bonds is 6. The highest BCUT2D eigenvalue weighted by atomic mass is 32.2. The lowest BCUT2D eigenvalue weighted by Gasteiger charge is -2.29. The van der Waals surface area contributed by atoms with E-state index in [-0.39, 0.29) is 18.9 Å². The molecule has 0 aromatic heterocycles. The van der Waals surface area contributed by atoms with Crippen LogP contribution in [0.25, 0.3) is 0 Å². The first-order valence-electron chi connectivity index (χ1n) is 11.1. The predicted octanol–water partition coefficient (Wildman–Crippen LogP) is 3.04. The first kappa shape index (κ1) is 22.7. The Morgan fingerprint density at radius 2 is 1.49 bits per heavy atom. The van der Waals surface area contributed by atoms with Crippen molar-refractivity contribution in [1.29, 1.82) is 0 Å². The van der Waals surface area contributed by atoms with Crippen LogP contribution in [-0.2, 0) is 19.9 Å². The van der Waals surface area contributed by atoms with Crippen molar-refractivity contribution >= 4 is 41.2 Å². The third-order valence-corrected chi connectivity index (χ3v) is 7.09. The molecule has 2 N–H and O–H groups in total. The fourth-order valence-corrected chi connectivity index (χ4v) is 5.29. The van der Waals surface area contributed by atoms with Gasteiger partial charge in [0.1, 0.15) is 0 Å². The number of nitrogens with one attached hydrogen (secondary N) is 2. The van der Waals surface area contributed by atoms with Gasteiger partial charge in [0.2, 0.25) is 11.8 Å². The number of para-hydroxylation sites is 1. The molecule has 0 spiro atoms. The van der Waals surface area contributed by atoms with Gasteiger partial charge in [-0.1, -0.05) is 72.8 Å². The summed E-state index contributed by atoms with van der Waals surface area (Å²) in [5.41, 5.74) is 2.88. The molecule has 8 nitrogen and oxygen atoms in total. The fraction of sp³-hybridized carbons (Fsp3) is 0.154. The van der Waals surface area contributed by atoms with Crippen LogP contribution in [0.2, 0.25) is 0 Å². The van der Waals surface area contributed by atoms with E-state index in [1.807, 2.05) is 36.4 Å². The van der Waals surface area contributed by atoms with Crippen LogP contribution in [0, 0.1) is 0 Å². The van der Waals surface area contributed by atoms with Gasteiger partial charge in [0.15, 0.2) is 5.54 Å². The van der Waals surface area contributed by atoms with E-state index >= 15 is 0 Å². The molecule has 0 saturated carbocycles. The van der Waals surface area contributed by atoms with Crippen molar-refractivity contribution in [3.8, 4) is 0 Å². The first-order chi connectivity index (χ1) is 17.0. The summed E-state index contributed by atoms with van der Waals surface area (Å²) < 4.78 is 0. The van der Waals surface area contributed by atoms with Crippen molar-refractivity contribution in [2.24, 2.45) is 0 Å². The lowest BCUT2D eigenvalue weighted by molar-refractivity contribution is -0.138. The Balaban J connectivity index is 1.35. The number of carbonyl (C=O) groups is 4. The van der Waals surface area contributed by atoms with E-state index < -0.39 is 23.4 Å². The quantitative estimate of drug-likeness (QED) is 0.522. The van der Waals surface area contributed by atoms with Crippen molar-refractivity contribution in [2.75, 3.05) is 17.2 Å². The minimum absolute atomic E-state index is 0.0779. The van der Waals surface area contributed by atoms with Gasteiger partial charge < -0.3 is 10.2 Å². The van der Waals surface area contributed by atoms with Crippen LogP contribution in [0.4, 0.5) is 10.5 Å². The normalized spacial score (nSPS) is 16.6. The molecule has 0 unspecified atom stereocenters. The predicted molar refractivity (Wildman–Crippen MR) is 131 cm³/mol. The number of anilines is 1. The van der Waals surface area contributed by atoms with Crippen LogP contribution >= 0.6 is 11.8 Å². The molecule has 176 valence electrons. The zero-order valence-electron chi connectivity index (χ0n) is 18.6. The van der Waals surface area contributed by atoms with Gasteiger partial charge in [0, 0.05) is 17.9 Å².